The zero-order valence-corrected chi connectivity index (χ0v) is 16.3. The van der Waals surface area contributed by atoms with Gasteiger partial charge in [0.25, 0.3) is 5.91 Å². The van der Waals surface area contributed by atoms with Crippen molar-refractivity contribution in [1.82, 2.24) is 4.90 Å². The Morgan fingerprint density at radius 3 is 2.64 bits per heavy atom. The Kier molecular flexibility index (Phi) is 6.02. The van der Waals surface area contributed by atoms with Gasteiger partial charge in [-0.15, -0.1) is 6.42 Å². The van der Waals surface area contributed by atoms with E-state index in [2.05, 4.69) is 25.0 Å². The summed E-state index contributed by atoms with van der Waals surface area (Å²) < 4.78 is 5.41. The van der Waals surface area contributed by atoms with E-state index in [-0.39, 0.29) is 18.0 Å². The van der Waals surface area contributed by atoms with Crippen LogP contribution in [0.1, 0.15) is 54.5 Å². The SMILES string of the molecule is C#CC(=O)N1[C@@H](CCCC)Cc2cc(OC)ccc2[C@@H]1c1ccc(C#N)cc1. The van der Waals surface area contributed by atoms with Crippen LogP contribution in [0.3, 0.4) is 0 Å². The average Bonchev–Trinajstić information content (AvgIpc) is 2.75. The summed E-state index contributed by atoms with van der Waals surface area (Å²) in [6.45, 7) is 2.14. The fourth-order valence-electron chi connectivity index (χ4n) is 3.98. The van der Waals surface area contributed by atoms with Crippen LogP contribution >= 0.6 is 0 Å². The quantitative estimate of drug-likeness (QED) is 0.738. The van der Waals surface area contributed by atoms with E-state index in [1.54, 1.807) is 19.2 Å². The van der Waals surface area contributed by atoms with Gasteiger partial charge in [0.05, 0.1) is 24.8 Å². The third-order valence-electron chi connectivity index (χ3n) is 5.38. The molecule has 1 aliphatic heterocycles. The Hall–Kier alpha value is -3.24. The van der Waals surface area contributed by atoms with Crippen molar-refractivity contribution < 1.29 is 9.53 Å². The van der Waals surface area contributed by atoms with Gasteiger partial charge in [0.1, 0.15) is 5.75 Å². The van der Waals surface area contributed by atoms with Crippen molar-refractivity contribution in [3.05, 3.63) is 64.7 Å². The Morgan fingerprint density at radius 2 is 2.04 bits per heavy atom. The molecule has 3 rings (SSSR count). The molecule has 0 saturated carbocycles. The molecule has 1 aliphatic rings. The van der Waals surface area contributed by atoms with Gasteiger partial charge in [-0.2, -0.15) is 5.26 Å². The van der Waals surface area contributed by atoms with Crippen LogP contribution in [-0.2, 0) is 11.2 Å². The number of ether oxygens (including phenoxy) is 1. The molecular formula is C24H24N2O2. The van der Waals surface area contributed by atoms with Gasteiger partial charge >= 0.3 is 0 Å². The largest absolute Gasteiger partial charge is 0.497 e. The lowest BCUT2D eigenvalue weighted by Crippen LogP contribution is -2.47. The zero-order valence-electron chi connectivity index (χ0n) is 16.3. The Labute approximate surface area is 166 Å². The number of carbonyl (C=O) groups is 1. The average molecular weight is 372 g/mol. The zero-order chi connectivity index (χ0) is 20.1. The molecule has 0 N–H and O–H groups in total. The van der Waals surface area contributed by atoms with Crippen LogP contribution in [-0.4, -0.2) is 24.0 Å². The van der Waals surface area contributed by atoms with Crippen molar-refractivity contribution in [2.75, 3.05) is 7.11 Å². The highest BCUT2D eigenvalue weighted by Crippen LogP contribution is 2.40. The molecule has 1 heterocycles. The molecular weight excluding hydrogens is 348 g/mol. The minimum Gasteiger partial charge on any atom is -0.497 e. The van der Waals surface area contributed by atoms with Crippen LogP contribution in [0.4, 0.5) is 0 Å². The Morgan fingerprint density at radius 1 is 1.29 bits per heavy atom. The van der Waals surface area contributed by atoms with Crippen molar-refractivity contribution in [3.63, 3.8) is 0 Å². The lowest BCUT2D eigenvalue weighted by molar-refractivity contribution is -0.130. The van der Waals surface area contributed by atoms with Gasteiger partial charge in [-0.25, -0.2) is 0 Å². The number of carbonyl (C=O) groups excluding carboxylic acids is 1. The fraction of sp³-hybridized carbons (Fsp3) is 0.333. The molecule has 0 spiro atoms. The van der Waals surface area contributed by atoms with Crippen molar-refractivity contribution in [2.24, 2.45) is 0 Å². The molecule has 0 aliphatic carbocycles. The maximum atomic E-state index is 12.8. The van der Waals surface area contributed by atoms with Crippen molar-refractivity contribution in [3.8, 4) is 24.2 Å². The predicted octanol–water partition coefficient (Wildman–Crippen LogP) is 4.23. The number of methoxy groups -OCH3 is 1. The van der Waals surface area contributed by atoms with Gasteiger partial charge in [-0.3, -0.25) is 4.79 Å². The van der Waals surface area contributed by atoms with Crippen molar-refractivity contribution in [2.45, 2.75) is 44.7 Å². The maximum Gasteiger partial charge on any atom is 0.299 e. The molecule has 4 nitrogen and oxygen atoms in total. The lowest BCUT2D eigenvalue weighted by Gasteiger charge is -2.43. The number of terminal acetylenes is 1. The highest BCUT2D eigenvalue weighted by molar-refractivity contribution is 5.94. The van der Waals surface area contributed by atoms with Crippen molar-refractivity contribution >= 4 is 5.91 Å². The van der Waals surface area contributed by atoms with E-state index in [0.717, 1.165) is 42.6 Å². The molecule has 0 bridgehead atoms. The first-order valence-corrected chi connectivity index (χ1v) is 9.58. The summed E-state index contributed by atoms with van der Waals surface area (Å²) in [5.74, 6) is 2.84. The number of nitriles is 1. The molecule has 142 valence electrons. The van der Waals surface area contributed by atoms with Crippen LogP contribution in [0.5, 0.6) is 5.75 Å². The number of hydrogen-bond donors (Lipinski definition) is 0. The summed E-state index contributed by atoms with van der Waals surface area (Å²) >= 11 is 0. The van der Waals surface area contributed by atoms with Crippen LogP contribution in [0.25, 0.3) is 0 Å². The van der Waals surface area contributed by atoms with Gasteiger partial charge in [-0.1, -0.05) is 38.0 Å². The van der Waals surface area contributed by atoms with Crippen LogP contribution in [0.15, 0.2) is 42.5 Å². The summed E-state index contributed by atoms with van der Waals surface area (Å²) in [6.07, 6.45) is 9.28. The summed E-state index contributed by atoms with van der Waals surface area (Å²) in [5, 5.41) is 9.12. The maximum absolute atomic E-state index is 12.8. The molecule has 0 fully saturated rings. The molecule has 28 heavy (non-hydrogen) atoms. The van der Waals surface area contributed by atoms with E-state index in [1.807, 2.05) is 29.2 Å². The first kappa shape index (κ1) is 19.5. The second-order valence-electron chi connectivity index (χ2n) is 7.06. The van der Waals surface area contributed by atoms with E-state index in [4.69, 9.17) is 16.4 Å². The van der Waals surface area contributed by atoms with Crippen LogP contribution in [0.2, 0.25) is 0 Å². The van der Waals surface area contributed by atoms with Gasteiger partial charge in [0.2, 0.25) is 0 Å². The summed E-state index contributed by atoms with van der Waals surface area (Å²) in [4.78, 5) is 14.6. The molecule has 0 unspecified atom stereocenters. The third kappa shape index (κ3) is 3.73. The third-order valence-corrected chi connectivity index (χ3v) is 5.38. The summed E-state index contributed by atoms with van der Waals surface area (Å²) in [5.41, 5.74) is 3.78. The number of benzene rings is 2. The molecule has 2 aromatic rings. The highest BCUT2D eigenvalue weighted by Gasteiger charge is 2.37. The van der Waals surface area contributed by atoms with E-state index in [0.29, 0.717) is 5.56 Å². The number of nitrogens with zero attached hydrogens (tertiary/aromatic N) is 2. The monoisotopic (exact) mass is 372 g/mol. The first-order chi connectivity index (χ1) is 13.6. The number of rotatable bonds is 5. The van der Waals surface area contributed by atoms with Gasteiger partial charge in [-0.05, 0) is 59.7 Å². The minimum atomic E-state index is -0.295. The van der Waals surface area contributed by atoms with Gasteiger partial charge in [0, 0.05) is 6.04 Å². The topological polar surface area (TPSA) is 53.3 Å². The highest BCUT2D eigenvalue weighted by atomic mass is 16.5. The van der Waals surface area contributed by atoms with E-state index >= 15 is 0 Å². The molecule has 0 radical (unpaired) electrons. The van der Waals surface area contributed by atoms with Gasteiger partial charge < -0.3 is 9.64 Å². The second kappa shape index (κ2) is 8.63. The number of hydrogen-bond acceptors (Lipinski definition) is 3. The molecule has 0 saturated heterocycles. The fourth-order valence-corrected chi connectivity index (χ4v) is 3.98. The number of unbranched alkanes of at least 4 members (excludes halogenated alkanes) is 1. The number of fused-ring (bicyclic) bond motifs is 1. The molecule has 4 heteroatoms. The predicted molar refractivity (Wildman–Crippen MR) is 109 cm³/mol. The standard InChI is InChI=1S/C24H24N2O2/c1-4-6-7-20-14-19-15-21(28-3)12-13-22(19)24(26(20)23(27)5-2)18-10-8-17(16-25)9-11-18/h2,8-13,15,20,24H,4,6-7,14H2,1,3H3/t20-,24-/m0/s1. The Balaban J connectivity index is 2.15. The summed E-state index contributed by atoms with van der Waals surface area (Å²) in [6, 6.07) is 15.3. The van der Waals surface area contributed by atoms with Crippen molar-refractivity contribution in [1.29, 1.82) is 5.26 Å². The molecule has 1 amide bonds. The first-order valence-electron chi connectivity index (χ1n) is 9.58. The van der Waals surface area contributed by atoms with E-state index in [9.17, 15) is 4.79 Å². The van der Waals surface area contributed by atoms with Crippen LogP contribution < -0.4 is 4.74 Å². The summed E-state index contributed by atoms with van der Waals surface area (Å²) in [7, 11) is 1.66. The second-order valence-corrected chi connectivity index (χ2v) is 7.06. The van der Waals surface area contributed by atoms with Crippen LogP contribution in [0, 0.1) is 23.7 Å². The number of amides is 1. The molecule has 2 aromatic carbocycles. The minimum absolute atomic E-state index is 0.0312. The lowest BCUT2D eigenvalue weighted by atomic mass is 9.83. The molecule has 2 atom stereocenters. The Bertz CT molecular complexity index is 935. The van der Waals surface area contributed by atoms with Gasteiger partial charge in [0.15, 0.2) is 0 Å². The van der Waals surface area contributed by atoms with E-state index in [1.165, 1.54) is 5.56 Å². The normalized spacial score (nSPS) is 17.9. The molecule has 0 aromatic heterocycles. The van der Waals surface area contributed by atoms with E-state index < -0.39 is 0 Å². The smallest absolute Gasteiger partial charge is 0.299 e.